The summed E-state index contributed by atoms with van der Waals surface area (Å²) in [4.78, 5) is 0. The smallest absolute Gasteiger partial charge is 0.108 e. The molecule has 2 heteroatoms. The molecule has 1 radical (unpaired) electrons. The Labute approximate surface area is 127 Å². The summed E-state index contributed by atoms with van der Waals surface area (Å²) in [6.07, 6.45) is 2.41. The van der Waals surface area contributed by atoms with Crippen molar-refractivity contribution in [1.82, 2.24) is 5.32 Å². The molecule has 0 aromatic heterocycles. The molecule has 1 aliphatic rings. The van der Waals surface area contributed by atoms with Crippen LogP contribution in [0.5, 0.6) is 0 Å². The third-order valence-electron chi connectivity index (χ3n) is 4.03. The maximum Gasteiger partial charge on any atom is 0.108 e. The van der Waals surface area contributed by atoms with E-state index in [1.165, 1.54) is 16.7 Å². The Morgan fingerprint density at radius 1 is 0.905 bits per heavy atom. The van der Waals surface area contributed by atoms with Crippen molar-refractivity contribution in [3.05, 3.63) is 71.3 Å². The minimum Gasteiger partial charge on any atom is -0.365 e. The molecule has 1 heterocycles. The van der Waals surface area contributed by atoms with Crippen molar-refractivity contribution < 1.29 is 4.74 Å². The van der Waals surface area contributed by atoms with Crippen molar-refractivity contribution in [2.45, 2.75) is 32.0 Å². The number of ether oxygens (including phenoxy) is 1. The number of nitrogens with zero attached hydrogens (tertiary/aromatic N) is 1. The monoisotopic (exact) mass is 280 g/mol. The van der Waals surface area contributed by atoms with Crippen LogP contribution in [0.15, 0.2) is 54.6 Å². The molecule has 1 saturated heterocycles. The number of hydrogen-bond acceptors (Lipinski definition) is 1. The van der Waals surface area contributed by atoms with Crippen molar-refractivity contribution in [1.29, 1.82) is 0 Å². The SMILES string of the molecule is Cc1ccc(C(OC2CC[N]CC2)c2ccccc2)cc1. The third kappa shape index (κ3) is 3.72. The van der Waals surface area contributed by atoms with Gasteiger partial charge in [-0.15, -0.1) is 0 Å². The molecular formula is C19H22NO. The van der Waals surface area contributed by atoms with Gasteiger partial charge in [-0.1, -0.05) is 60.2 Å². The Hall–Kier alpha value is -1.64. The van der Waals surface area contributed by atoms with E-state index in [0.717, 1.165) is 25.9 Å². The lowest BCUT2D eigenvalue weighted by molar-refractivity contribution is -0.00850. The van der Waals surface area contributed by atoms with Gasteiger partial charge in [-0.2, -0.15) is 0 Å². The molecule has 2 aromatic carbocycles. The average Bonchev–Trinajstić information content (AvgIpc) is 2.55. The molecule has 1 unspecified atom stereocenters. The van der Waals surface area contributed by atoms with Crippen LogP contribution in [0.25, 0.3) is 0 Å². The van der Waals surface area contributed by atoms with Gasteiger partial charge in [-0.3, -0.25) is 0 Å². The minimum atomic E-state index is 0.0231. The van der Waals surface area contributed by atoms with Gasteiger partial charge >= 0.3 is 0 Å². The van der Waals surface area contributed by atoms with Crippen molar-refractivity contribution in [3.8, 4) is 0 Å². The number of piperidine rings is 1. The van der Waals surface area contributed by atoms with Gasteiger partial charge in [0.15, 0.2) is 0 Å². The van der Waals surface area contributed by atoms with Crippen LogP contribution in [0.2, 0.25) is 0 Å². The Bertz CT molecular complexity index is 544. The molecule has 2 nitrogen and oxygen atoms in total. The zero-order chi connectivity index (χ0) is 14.5. The second-order valence-electron chi connectivity index (χ2n) is 5.71. The Balaban J connectivity index is 1.85. The second kappa shape index (κ2) is 6.88. The number of benzene rings is 2. The van der Waals surface area contributed by atoms with E-state index in [4.69, 9.17) is 4.74 Å². The first kappa shape index (κ1) is 14.3. The highest BCUT2D eigenvalue weighted by Gasteiger charge is 2.22. The number of hydrogen-bond donors (Lipinski definition) is 0. The first-order chi connectivity index (χ1) is 10.3. The molecule has 2 aromatic rings. The molecule has 1 fully saturated rings. The zero-order valence-corrected chi connectivity index (χ0v) is 12.5. The number of aryl methyl sites for hydroxylation is 1. The van der Waals surface area contributed by atoms with Gasteiger partial charge in [0.05, 0.1) is 6.10 Å². The lowest BCUT2D eigenvalue weighted by Crippen LogP contribution is -2.29. The van der Waals surface area contributed by atoms with Crippen LogP contribution < -0.4 is 5.32 Å². The minimum absolute atomic E-state index is 0.0231. The summed E-state index contributed by atoms with van der Waals surface area (Å²) >= 11 is 0. The summed E-state index contributed by atoms with van der Waals surface area (Å²) in [6, 6.07) is 19.2. The highest BCUT2D eigenvalue weighted by Crippen LogP contribution is 2.29. The average molecular weight is 280 g/mol. The van der Waals surface area contributed by atoms with Crippen LogP contribution in [0, 0.1) is 6.92 Å². The molecule has 1 aliphatic heterocycles. The standard InChI is InChI=1S/C19H22NO/c1-15-7-9-17(10-8-15)19(16-5-3-2-4-6-16)21-18-11-13-20-14-12-18/h2-10,18-19H,11-14H2,1H3. The summed E-state index contributed by atoms with van der Waals surface area (Å²) in [5.74, 6) is 0. The lowest BCUT2D eigenvalue weighted by Gasteiger charge is -2.28. The van der Waals surface area contributed by atoms with Gasteiger partial charge in [0.2, 0.25) is 0 Å². The third-order valence-corrected chi connectivity index (χ3v) is 4.03. The predicted molar refractivity (Wildman–Crippen MR) is 85.4 cm³/mol. The quantitative estimate of drug-likeness (QED) is 0.834. The van der Waals surface area contributed by atoms with Crippen LogP contribution in [0.4, 0.5) is 0 Å². The fraction of sp³-hybridized carbons (Fsp3) is 0.368. The van der Waals surface area contributed by atoms with E-state index in [9.17, 15) is 0 Å². The molecule has 0 saturated carbocycles. The highest BCUT2D eigenvalue weighted by atomic mass is 16.5. The van der Waals surface area contributed by atoms with E-state index in [1.54, 1.807) is 0 Å². The Morgan fingerprint density at radius 2 is 1.52 bits per heavy atom. The molecule has 0 aliphatic carbocycles. The van der Waals surface area contributed by atoms with Gasteiger partial charge in [0, 0.05) is 13.1 Å². The molecule has 1 atom stereocenters. The lowest BCUT2D eigenvalue weighted by atomic mass is 9.99. The van der Waals surface area contributed by atoms with Crippen LogP contribution in [-0.2, 0) is 4.74 Å². The molecule has 21 heavy (non-hydrogen) atoms. The Kier molecular flexibility index (Phi) is 4.69. The van der Waals surface area contributed by atoms with Crippen LogP contribution in [0.3, 0.4) is 0 Å². The van der Waals surface area contributed by atoms with Crippen molar-refractivity contribution in [2.75, 3.05) is 13.1 Å². The van der Waals surface area contributed by atoms with E-state index >= 15 is 0 Å². The van der Waals surface area contributed by atoms with E-state index in [2.05, 4.69) is 66.8 Å². The van der Waals surface area contributed by atoms with Gasteiger partial charge in [-0.25, -0.2) is 5.32 Å². The summed E-state index contributed by atoms with van der Waals surface area (Å²) in [6.45, 7) is 3.98. The predicted octanol–water partition coefficient (Wildman–Crippen LogP) is 3.87. The van der Waals surface area contributed by atoms with Gasteiger partial charge in [0.25, 0.3) is 0 Å². The molecule has 0 N–H and O–H groups in total. The first-order valence-corrected chi connectivity index (χ1v) is 7.73. The van der Waals surface area contributed by atoms with E-state index in [-0.39, 0.29) is 6.10 Å². The van der Waals surface area contributed by atoms with Crippen molar-refractivity contribution >= 4 is 0 Å². The molecule has 0 spiro atoms. The first-order valence-electron chi connectivity index (χ1n) is 7.73. The Morgan fingerprint density at radius 3 is 2.19 bits per heavy atom. The zero-order valence-electron chi connectivity index (χ0n) is 12.5. The topological polar surface area (TPSA) is 23.3 Å². The van der Waals surface area contributed by atoms with Crippen LogP contribution >= 0.6 is 0 Å². The second-order valence-corrected chi connectivity index (χ2v) is 5.71. The van der Waals surface area contributed by atoms with Crippen LogP contribution in [0.1, 0.15) is 35.6 Å². The molecule has 0 amide bonds. The normalized spacial score (nSPS) is 17.6. The molecule has 3 rings (SSSR count). The van der Waals surface area contributed by atoms with Crippen molar-refractivity contribution in [2.24, 2.45) is 0 Å². The summed E-state index contributed by atoms with van der Waals surface area (Å²) in [5, 5.41) is 4.41. The highest BCUT2D eigenvalue weighted by molar-refractivity contribution is 5.31. The van der Waals surface area contributed by atoms with Crippen molar-refractivity contribution in [3.63, 3.8) is 0 Å². The molecular weight excluding hydrogens is 258 g/mol. The molecule has 109 valence electrons. The van der Waals surface area contributed by atoms with Gasteiger partial charge < -0.3 is 4.74 Å². The largest absolute Gasteiger partial charge is 0.365 e. The maximum absolute atomic E-state index is 6.44. The summed E-state index contributed by atoms with van der Waals surface area (Å²) in [7, 11) is 0. The van der Waals surface area contributed by atoms with Gasteiger partial charge in [-0.05, 0) is 30.9 Å². The van der Waals surface area contributed by atoms with E-state index < -0.39 is 0 Å². The van der Waals surface area contributed by atoms with E-state index in [0.29, 0.717) is 6.10 Å². The maximum atomic E-state index is 6.44. The number of rotatable bonds is 4. The summed E-state index contributed by atoms with van der Waals surface area (Å²) in [5.41, 5.74) is 3.74. The van der Waals surface area contributed by atoms with Gasteiger partial charge in [0.1, 0.15) is 6.10 Å². The molecule has 0 bridgehead atoms. The fourth-order valence-corrected chi connectivity index (χ4v) is 2.77. The summed E-state index contributed by atoms with van der Waals surface area (Å²) < 4.78 is 6.44. The van der Waals surface area contributed by atoms with E-state index in [1.807, 2.05) is 0 Å². The fourth-order valence-electron chi connectivity index (χ4n) is 2.77. The van der Waals surface area contributed by atoms with Crippen LogP contribution in [-0.4, -0.2) is 19.2 Å².